The van der Waals surface area contributed by atoms with Crippen molar-refractivity contribution in [2.75, 3.05) is 52.5 Å². The fourth-order valence-corrected chi connectivity index (χ4v) is 5.31. The van der Waals surface area contributed by atoms with Gasteiger partial charge in [-0.15, -0.1) is 0 Å². The minimum atomic E-state index is -0.293. The van der Waals surface area contributed by atoms with Gasteiger partial charge in [-0.1, -0.05) is 36.4 Å². The maximum atomic E-state index is 13.6. The van der Waals surface area contributed by atoms with Crippen molar-refractivity contribution < 1.29 is 23.8 Å². The third-order valence-electron chi connectivity index (χ3n) is 7.02. The number of hydrogen-bond acceptors (Lipinski definition) is 5. The van der Waals surface area contributed by atoms with E-state index in [9.17, 15) is 19.1 Å². The maximum Gasteiger partial charge on any atom is 0.242 e. The molecule has 3 heterocycles. The van der Waals surface area contributed by atoms with Gasteiger partial charge in [0, 0.05) is 25.6 Å². The van der Waals surface area contributed by atoms with E-state index in [2.05, 4.69) is 4.90 Å². The highest BCUT2D eigenvalue weighted by atomic mass is 19.1. The Balaban J connectivity index is 1.31. The first-order valence-corrected chi connectivity index (χ1v) is 11.4. The summed E-state index contributed by atoms with van der Waals surface area (Å²) in [4.78, 5) is 31.2. The molecule has 3 aliphatic heterocycles. The molecule has 33 heavy (non-hydrogen) atoms. The summed E-state index contributed by atoms with van der Waals surface area (Å²) in [5.74, 6) is -0.501. The number of morpholine rings is 1. The number of piperazine rings is 1. The van der Waals surface area contributed by atoms with Crippen LogP contribution in [-0.2, 0) is 14.3 Å². The minimum absolute atomic E-state index is 0.0439. The van der Waals surface area contributed by atoms with Crippen molar-refractivity contribution in [1.82, 2.24) is 14.7 Å². The Morgan fingerprint density at radius 2 is 1.85 bits per heavy atom. The van der Waals surface area contributed by atoms with Crippen LogP contribution >= 0.6 is 0 Å². The average molecular weight is 454 g/mol. The van der Waals surface area contributed by atoms with Crippen molar-refractivity contribution in [3.63, 3.8) is 0 Å². The van der Waals surface area contributed by atoms with Crippen molar-refractivity contribution in [1.29, 1.82) is 0 Å². The van der Waals surface area contributed by atoms with E-state index in [-0.39, 0.29) is 48.8 Å². The zero-order chi connectivity index (χ0) is 22.9. The van der Waals surface area contributed by atoms with Crippen molar-refractivity contribution in [3.05, 3.63) is 59.9 Å². The monoisotopic (exact) mass is 453 g/mol. The lowest BCUT2D eigenvalue weighted by Gasteiger charge is -2.58. The van der Waals surface area contributed by atoms with Crippen molar-refractivity contribution >= 4 is 11.8 Å². The van der Waals surface area contributed by atoms with Gasteiger partial charge in [0.05, 0.1) is 45.0 Å². The third kappa shape index (κ3) is 4.26. The van der Waals surface area contributed by atoms with Gasteiger partial charge in [-0.05, 0) is 28.8 Å². The fraction of sp³-hybridized carbons (Fsp3) is 0.440. The highest BCUT2D eigenvalue weighted by Gasteiger charge is 2.54. The average Bonchev–Trinajstić information content (AvgIpc) is 2.81. The van der Waals surface area contributed by atoms with Gasteiger partial charge >= 0.3 is 0 Å². The van der Waals surface area contributed by atoms with Crippen LogP contribution in [-0.4, -0.2) is 96.2 Å². The van der Waals surface area contributed by atoms with Crippen LogP contribution in [0, 0.1) is 5.82 Å². The first-order valence-electron chi connectivity index (χ1n) is 11.4. The first kappa shape index (κ1) is 22.0. The number of fused-ring (bicyclic) bond motifs is 1. The normalized spacial score (nSPS) is 25.5. The van der Waals surface area contributed by atoms with Crippen LogP contribution in [0.2, 0.25) is 0 Å². The number of carbonyl (C=O) groups excluding carboxylic acids is 2. The molecule has 2 aromatic carbocycles. The molecule has 3 aliphatic rings. The molecule has 3 saturated heterocycles. The van der Waals surface area contributed by atoms with Crippen LogP contribution in [0.1, 0.15) is 11.5 Å². The number of aliphatic hydroxyl groups excluding tert-OH is 1. The highest BCUT2D eigenvalue weighted by Crippen LogP contribution is 2.43. The Morgan fingerprint density at radius 3 is 2.55 bits per heavy atom. The first-order chi connectivity index (χ1) is 16.0. The van der Waals surface area contributed by atoms with Crippen LogP contribution in [0.3, 0.4) is 0 Å². The molecule has 0 spiro atoms. The number of hydrogen-bond donors (Lipinski definition) is 1. The van der Waals surface area contributed by atoms with E-state index in [4.69, 9.17) is 4.74 Å². The van der Waals surface area contributed by atoms with E-state index in [1.54, 1.807) is 15.9 Å². The van der Waals surface area contributed by atoms with Crippen LogP contribution in [0.4, 0.5) is 4.39 Å². The van der Waals surface area contributed by atoms with Gasteiger partial charge in [0.2, 0.25) is 11.8 Å². The molecule has 3 fully saturated rings. The molecule has 0 aliphatic carbocycles. The summed E-state index contributed by atoms with van der Waals surface area (Å²) in [7, 11) is 0. The van der Waals surface area contributed by atoms with Gasteiger partial charge in [-0.2, -0.15) is 0 Å². The van der Waals surface area contributed by atoms with E-state index in [0.29, 0.717) is 26.3 Å². The molecule has 174 valence electrons. The summed E-state index contributed by atoms with van der Waals surface area (Å²) in [5, 5.41) is 9.99. The maximum absolute atomic E-state index is 13.6. The summed E-state index contributed by atoms with van der Waals surface area (Å²) in [6.45, 7) is 3.36. The molecule has 0 radical (unpaired) electrons. The summed E-state index contributed by atoms with van der Waals surface area (Å²) in [6, 6.07) is 13.8. The summed E-state index contributed by atoms with van der Waals surface area (Å²) >= 11 is 0. The molecule has 3 atom stereocenters. The number of nitrogens with zero attached hydrogens (tertiary/aromatic N) is 3. The number of amides is 2. The zero-order valence-corrected chi connectivity index (χ0v) is 18.4. The van der Waals surface area contributed by atoms with E-state index in [1.165, 1.54) is 12.1 Å². The van der Waals surface area contributed by atoms with Crippen LogP contribution in [0.25, 0.3) is 11.1 Å². The Kier molecular flexibility index (Phi) is 6.14. The molecular weight excluding hydrogens is 425 g/mol. The lowest BCUT2D eigenvalue weighted by molar-refractivity contribution is -0.167. The predicted octanol–water partition coefficient (Wildman–Crippen LogP) is 1.32. The van der Waals surface area contributed by atoms with Crippen molar-refractivity contribution in [2.45, 2.75) is 18.0 Å². The number of halogens is 1. The van der Waals surface area contributed by atoms with Gasteiger partial charge < -0.3 is 19.6 Å². The van der Waals surface area contributed by atoms with Gasteiger partial charge in [0.15, 0.2) is 0 Å². The van der Waals surface area contributed by atoms with Crippen molar-refractivity contribution in [2.24, 2.45) is 0 Å². The van der Waals surface area contributed by atoms with E-state index in [0.717, 1.165) is 29.8 Å². The second-order valence-corrected chi connectivity index (χ2v) is 8.94. The van der Waals surface area contributed by atoms with E-state index >= 15 is 0 Å². The zero-order valence-electron chi connectivity index (χ0n) is 18.4. The van der Waals surface area contributed by atoms with Crippen LogP contribution < -0.4 is 0 Å². The number of ether oxygens (including phenoxy) is 1. The second kappa shape index (κ2) is 9.21. The lowest BCUT2D eigenvalue weighted by Crippen LogP contribution is -2.73. The quantitative estimate of drug-likeness (QED) is 0.740. The largest absolute Gasteiger partial charge is 0.394 e. The Labute approximate surface area is 192 Å². The second-order valence-electron chi connectivity index (χ2n) is 8.94. The molecule has 2 amide bonds. The molecule has 5 rings (SSSR count). The summed E-state index contributed by atoms with van der Waals surface area (Å²) in [6.07, 6.45) is 0. The number of aliphatic hydroxyl groups is 1. The molecule has 0 unspecified atom stereocenters. The molecule has 8 heteroatoms. The van der Waals surface area contributed by atoms with Gasteiger partial charge in [-0.25, -0.2) is 4.39 Å². The lowest BCUT2D eigenvalue weighted by atomic mass is 9.73. The standard InChI is InChI=1S/C25H28FN3O4/c26-20-3-1-2-19(12-20)17-4-6-18(7-5-17)25-21-13-28(15-24(32)29(21)22(25)16-30)23(31)14-27-8-10-33-11-9-27/h1-7,12,21-22,25,30H,8-11,13-16H2/t21-,22+,25-/m1/s1. The molecule has 0 saturated carbocycles. The van der Waals surface area contributed by atoms with Gasteiger partial charge in [-0.3, -0.25) is 14.5 Å². The van der Waals surface area contributed by atoms with Crippen LogP contribution in [0.15, 0.2) is 48.5 Å². The molecule has 0 bridgehead atoms. The molecular formula is C25H28FN3O4. The summed E-state index contributed by atoms with van der Waals surface area (Å²) < 4.78 is 18.9. The van der Waals surface area contributed by atoms with Gasteiger partial charge in [0.1, 0.15) is 5.82 Å². The molecule has 2 aromatic rings. The molecule has 7 nitrogen and oxygen atoms in total. The Bertz CT molecular complexity index is 1020. The minimum Gasteiger partial charge on any atom is -0.394 e. The van der Waals surface area contributed by atoms with Gasteiger partial charge in [0.25, 0.3) is 0 Å². The summed E-state index contributed by atoms with van der Waals surface area (Å²) in [5.41, 5.74) is 2.70. The number of carbonyl (C=O) groups is 2. The third-order valence-corrected chi connectivity index (χ3v) is 7.02. The predicted molar refractivity (Wildman–Crippen MR) is 120 cm³/mol. The smallest absolute Gasteiger partial charge is 0.242 e. The Morgan fingerprint density at radius 1 is 1.09 bits per heavy atom. The van der Waals surface area contributed by atoms with E-state index in [1.807, 2.05) is 30.3 Å². The number of benzene rings is 2. The van der Waals surface area contributed by atoms with Crippen LogP contribution in [0.5, 0.6) is 0 Å². The van der Waals surface area contributed by atoms with Crippen molar-refractivity contribution in [3.8, 4) is 11.1 Å². The topological polar surface area (TPSA) is 73.3 Å². The number of rotatable bonds is 5. The van der Waals surface area contributed by atoms with E-state index < -0.39 is 0 Å². The highest BCUT2D eigenvalue weighted by molar-refractivity contribution is 5.88. The SMILES string of the molecule is O=C(CN1CCOCC1)N1CC(=O)N2[C@H](C1)[C@@H](c1ccc(-c3cccc(F)c3)cc1)[C@@H]2CO. The Hall–Kier alpha value is -2.81. The fourth-order valence-electron chi connectivity index (χ4n) is 5.31. The molecule has 1 N–H and O–H groups in total. The molecule has 0 aromatic heterocycles.